The summed E-state index contributed by atoms with van der Waals surface area (Å²) in [5.41, 5.74) is 4.93. The van der Waals surface area contributed by atoms with Crippen LogP contribution in [-0.4, -0.2) is 35.4 Å². The second kappa shape index (κ2) is 9.61. The molecule has 1 aliphatic rings. The van der Waals surface area contributed by atoms with Gasteiger partial charge in [-0.25, -0.2) is 4.98 Å². The average molecular weight is 473 g/mol. The van der Waals surface area contributed by atoms with E-state index in [-0.39, 0.29) is 11.8 Å². The zero-order valence-electron chi connectivity index (χ0n) is 18.7. The van der Waals surface area contributed by atoms with E-state index in [1.54, 1.807) is 42.0 Å². The number of benzene rings is 3. The van der Waals surface area contributed by atoms with Crippen molar-refractivity contribution in [1.82, 2.24) is 9.97 Å². The Bertz CT molecular complexity index is 1320. The van der Waals surface area contributed by atoms with Gasteiger partial charge in [0.15, 0.2) is 5.16 Å². The first kappa shape index (κ1) is 22.0. The minimum atomic E-state index is -0.208. The number of aromatic amines is 1. The van der Waals surface area contributed by atoms with Crippen LogP contribution >= 0.6 is 11.8 Å². The fourth-order valence-electron chi connectivity index (χ4n) is 3.99. The van der Waals surface area contributed by atoms with Gasteiger partial charge in [-0.1, -0.05) is 36.0 Å². The maximum absolute atomic E-state index is 12.8. The zero-order chi connectivity index (χ0) is 23.5. The fourth-order valence-corrected chi connectivity index (χ4v) is 4.83. The van der Waals surface area contributed by atoms with E-state index in [1.165, 1.54) is 0 Å². The monoisotopic (exact) mass is 472 g/mol. The molecule has 1 aliphatic heterocycles. The molecule has 2 amide bonds. The van der Waals surface area contributed by atoms with Crippen molar-refractivity contribution in [3.8, 4) is 5.75 Å². The lowest BCUT2D eigenvalue weighted by molar-refractivity contribution is -0.117. The molecule has 0 bridgehead atoms. The molecule has 0 aliphatic carbocycles. The molecule has 1 fully saturated rings. The Morgan fingerprint density at radius 3 is 2.71 bits per heavy atom. The molecule has 0 unspecified atom stereocenters. The van der Waals surface area contributed by atoms with Crippen molar-refractivity contribution in [2.75, 3.05) is 23.9 Å². The van der Waals surface area contributed by atoms with E-state index in [9.17, 15) is 9.59 Å². The molecule has 7 nitrogen and oxygen atoms in total. The average Bonchev–Trinajstić information content (AvgIpc) is 3.48. The quantitative estimate of drug-likeness (QED) is 0.359. The lowest BCUT2D eigenvalue weighted by Crippen LogP contribution is -2.24. The third-order valence-electron chi connectivity index (χ3n) is 5.76. The third kappa shape index (κ3) is 4.63. The Balaban J connectivity index is 1.24. The molecule has 8 heteroatoms. The van der Waals surface area contributed by atoms with E-state index < -0.39 is 0 Å². The summed E-state index contributed by atoms with van der Waals surface area (Å²) in [6.07, 6.45) is 1.35. The Morgan fingerprint density at radius 2 is 1.97 bits per heavy atom. The van der Waals surface area contributed by atoms with Gasteiger partial charge in [-0.05, 0) is 54.4 Å². The third-order valence-corrected chi connectivity index (χ3v) is 6.70. The molecule has 5 rings (SSSR count). The largest absolute Gasteiger partial charge is 0.495 e. The molecular formula is C26H24N4O3S. The molecule has 2 N–H and O–H groups in total. The summed E-state index contributed by atoms with van der Waals surface area (Å²) in [7, 11) is 1.58. The topological polar surface area (TPSA) is 87.3 Å². The molecule has 172 valence electrons. The van der Waals surface area contributed by atoms with Crippen molar-refractivity contribution in [3.05, 3.63) is 77.9 Å². The number of para-hydroxylation sites is 2. The van der Waals surface area contributed by atoms with Crippen molar-refractivity contribution in [2.45, 2.75) is 23.8 Å². The summed E-state index contributed by atoms with van der Waals surface area (Å²) in [5, 5.41) is 3.80. The van der Waals surface area contributed by atoms with Gasteiger partial charge in [0, 0.05) is 30.0 Å². The van der Waals surface area contributed by atoms with Crippen molar-refractivity contribution in [3.63, 3.8) is 0 Å². The SMILES string of the molecule is COc1ccc(NC(=O)c2ccc(CSc3nc4ccccc4[nH]3)cc2)cc1N1CCCC1=O. The predicted octanol–water partition coefficient (Wildman–Crippen LogP) is 5.24. The maximum atomic E-state index is 12.8. The normalized spacial score (nSPS) is 13.4. The van der Waals surface area contributed by atoms with E-state index in [1.807, 2.05) is 48.5 Å². The van der Waals surface area contributed by atoms with Crippen LogP contribution in [0, 0.1) is 0 Å². The molecule has 0 saturated carbocycles. The number of methoxy groups -OCH3 is 1. The highest BCUT2D eigenvalue weighted by Crippen LogP contribution is 2.34. The van der Waals surface area contributed by atoms with E-state index >= 15 is 0 Å². The van der Waals surface area contributed by atoms with Crippen LogP contribution in [0.25, 0.3) is 11.0 Å². The molecule has 1 aromatic heterocycles. The van der Waals surface area contributed by atoms with Gasteiger partial charge >= 0.3 is 0 Å². The number of nitrogens with one attached hydrogen (secondary N) is 2. The van der Waals surface area contributed by atoms with Gasteiger partial charge in [-0.15, -0.1) is 0 Å². The number of rotatable bonds is 7. The summed E-state index contributed by atoms with van der Waals surface area (Å²) in [6.45, 7) is 0.653. The number of ether oxygens (including phenoxy) is 1. The number of hydrogen-bond donors (Lipinski definition) is 2. The second-order valence-electron chi connectivity index (χ2n) is 8.03. The molecule has 1 saturated heterocycles. The molecule has 4 aromatic rings. The van der Waals surface area contributed by atoms with Gasteiger partial charge in [0.05, 0.1) is 23.8 Å². The van der Waals surface area contributed by atoms with E-state index in [0.717, 1.165) is 33.9 Å². The molecular weight excluding hydrogens is 448 g/mol. The van der Waals surface area contributed by atoms with Crippen LogP contribution in [0.4, 0.5) is 11.4 Å². The first-order valence-corrected chi connectivity index (χ1v) is 12.1. The molecule has 34 heavy (non-hydrogen) atoms. The number of aromatic nitrogens is 2. The standard InChI is InChI=1S/C26H24N4O3S/c1-33-23-13-12-19(15-22(23)30-14-4-7-24(30)31)27-25(32)18-10-8-17(9-11-18)16-34-26-28-20-5-2-3-6-21(20)29-26/h2-3,5-6,8-13,15H,4,7,14,16H2,1H3,(H,27,32)(H,28,29). The molecule has 0 radical (unpaired) electrons. The lowest BCUT2D eigenvalue weighted by Gasteiger charge is -2.20. The van der Waals surface area contributed by atoms with Gasteiger partial charge in [0.2, 0.25) is 5.91 Å². The van der Waals surface area contributed by atoms with Crippen LogP contribution in [0.1, 0.15) is 28.8 Å². The Hall–Kier alpha value is -3.78. The number of nitrogens with zero attached hydrogens (tertiary/aromatic N) is 2. The molecule has 0 atom stereocenters. The van der Waals surface area contributed by atoms with Crippen LogP contribution in [0.3, 0.4) is 0 Å². The summed E-state index contributed by atoms with van der Waals surface area (Å²) in [4.78, 5) is 34.6. The zero-order valence-corrected chi connectivity index (χ0v) is 19.5. The van der Waals surface area contributed by atoms with Crippen LogP contribution in [-0.2, 0) is 10.5 Å². The number of anilines is 2. The number of imidazole rings is 1. The second-order valence-corrected chi connectivity index (χ2v) is 9.00. The van der Waals surface area contributed by atoms with Crippen LogP contribution < -0.4 is 15.0 Å². The highest BCUT2D eigenvalue weighted by atomic mass is 32.2. The van der Waals surface area contributed by atoms with E-state index in [4.69, 9.17) is 4.74 Å². The van der Waals surface area contributed by atoms with E-state index in [2.05, 4.69) is 15.3 Å². The summed E-state index contributed by atoms with van der Waals surface area (Å²) in [6, 6.07) is 20.8. The van der Waals surface area contributed by atoms with Crippen molar-refractivity contribution < 1.29 is 14.3 Å². The van der Waals surface area contributed by atoms with Crippen LogP contribution in [0.15, 0.2) is 71.9 Å². The van der Waals surface area contributed by atoms with Gasteiger partial charge in [-0.2, -0.15) is 0 Å². The maximum Gasteiger partial charge on any atom is 0.255 e. The number of carbonyl (C=O) groups is 2. The number of fused-ring (bicyclic) bond motifs is 1. The molecule has 0 spiro atoms. The highest BCUT2D eigenvalue weighted by Gasteiger charge is 2.25. The number of carbonyl (C=O) groups excluding carboxylic acids is 2. The number of thioether (sulfide) groups is 1. The first-order valence-electron chi connectivity index (χ1n) is 11.1. The molecule has 3 aromatic carbocycles. The number of H-pyrrole nitrogens is 1. The summed E-state index contributed by atoms with van der Waals surface area (Å²) >= 11 is 1.62. The minimum absolute atomic E-state index is 0.0675. The number of hydrogen-bond acceptors (Lipinski definition) is 5. The lowest BCUT2D eigenvalue weighted by atomic mass is 10.1. The van der Waals surface area contributed by atoms with Crippen LogP contribution in [0.5, 0.6) is 5.75 Å². The van der Waals surface area contributed by atoms with Gasteiger partial charge in [-0.3, -0.25) is 9.59 Å². The first-order chi connectivity index (χ1) is 16.6. The Kier molecular flexibility index (Phi) is 6.22. The summed E-state index contributed by atoms with van der Waals surface area (Å²) < 4.78 is 5.42. The van der Waals surface area contributed by atoms with Crippen molar-refractivity contribution in [1.29, 1.82) is 0 Å². The van der Waals surface area contributed by atoms with Crippen molar-refractivity contribution in [2.24, 2.45) is 0 Å². The van der Waals surface area contributed by atoms with E-state index in [0.29, 0.717) is 35.7 Å². The van der Waals surface area contributed by atoms with Crippen LogP contribution in [0.2, 0.25) is 0 Å². The predicted molar refractivity (Wildman–Crippen MR) is 135 cm³/mol. The Morgan fingerprint density at radius 1 is 1.15 bits per heavy atom. The highest BCUT2D eigenvalue weighted by molar-refractivity contribution is 7.98. The number of amides is 2. The smallest absolute Gasteiger partial charge is 0.255 e. The minimum Gasteiger partial charge on any atom is -0.495 e. The van der Waals surface area contributed by atoms with Gasteiger partial charge in [0.1, 0.15) is 5.75 Å². The van der Waals surface area contributed by atoms with Crippen molar-refractivity contribution >= 4 is 46.0 Å². The Labute approximate surface area is 201 Å². The molecule has 2 heterocycles. The summed E-state index contributed by atoms with van der Waals surface area (Å²) in [5.74, 6) is 1.21. The fraction of sp³-hybridized carbons (Fsp3) is 0.192. The van der Waals surface area contributed by atoms with Gasteiger partial charge in [0.25, 0.3) is 5.91 Å². The van der Waals surface area contributed by atoms with Gasteiger partial charge < -0.3 is 19.9 Å².